The molecule has 2 rings (SSSR count). The SMILES string of the molecule is CCN(CCC(=O)C=Cc1ccc(OC)cc1)CCC(=O)C=Cc1ccc(OC)cc1. The number of ketones is 2. The molecule has 0 saturated heterocycles. The Morgan fingerprint density at radius 1 is 0.742 bits per heavy atom. The van der Waals surface area contributed by atoms with E-state index < -0.39 is 0 Å². The molecular formula is C26H31NO4. The van der Waals surface area contributed by atoms with Crippen molar-refractivity contribution < 1.29 is 19.1 Å². The van der Waals surface area contributed by atoms with Crippen LogP contribution in [0.4, 0.5) is 0 Å². The molecule has 5 heteroatoms. The number of allylic oxidation sites excluding steroid dienone is 2. The Morgan fingerprint density at radius 2 is 1.13 bits per heavy atom. The fourth-order valence-electron chi connectivity index (χ4n) is 2.94. The summed E-state index contributed by atoms with van der Waals surface area (Å²) < 4.78 is 10.3. The first kappa shape index (κ1) is 24.1. The monoisotopic (exact) mass is 421 g/mol. The topological polar surface area (TPSA) is 55.8 Å². The van der Waals surface area contributed by atoms with Gasteiger partial charge in [-0.2, -0.15) is 0 Å². The zero-order valence-electron chi connectivity index (χ0n) is 18.5. The van der Waals surface area contributed by atoms with Crippen molar-refractivity contribution in [3.8, 4) is 11.5 Å². The molecule has 0 aromatic heterocycles. The summed E-state index contributed by atoms with van der Waals surface area (Å²) in [6.07, 6.45) is 7.70. The first-order valence-corrected chi connectivity index (χ1v) is 10.5. The molecule has 0 unspecified atom stereocenters. The summed E-state index contributed by atoms with van der Waals surface area (Å²) in [6.45, 7) is 4.11. The second kappa shape index (κ2) is 13.2. The molecule has 2 aromatic carbocycles. The van der Waals surface area contributed by atoms with E-state index in [0.717, 1.165) is 29.2 Å². The largest absolute Gasteiger partial charge is 0.497 e. The van der Waals surface area contributed by atoms with Gasteiger partial charge in [-0.25, -0.2) is 0 Å². The van der Waals surface area contributed by atoms with Gasteiger partial charge in [-0.15, -0.1) is 0 Å². The number of hydrogen-bond acceptors (Lipinski definition) is 5. The van der Waals surface area contributed by atoms with Crippen LogP contribution in [0, 0.1) is 0 Å². The van der Waals surface area contributed by atoms with Crippen LogP contribution in [-0.4, -0.2) is 50.3 Å². The molecule has 0 spiro atoms. The maximum atomic E-state index is 12.2. The van der Waals surface area contributed by atoms with Crippen molar-refractivity contribution in [2.75, 3.05) is 33.9 Å². The van der Waals surface area contributed by atoms with Crippen LogP contribution in [0.15, 0.2) is 60.7 Å². The highest BCUT2D eigenvalue weighted by Crippen LogP contribution is 2.13. The highest BCUT2D eigenvalue weighted by molar-refractivity contribution is 5.94. The number of rotatable bonds is 13. The zero-order valence-corrected chi connectivity index (χ0v) is 18.5. The van der Waals surface area contributed by atoms with Crippen LogP contribution in [-0.2, 0) is 9.59 Å². The zero-order chi connectivity index (χ0) is 22.5. The van der Waals surface area contributed by atoms with Crippen molar-refractivity contribution in [3.63, 3.8) is 0 Å². The van der Waals surface area contributed by atoms with E-state index in [-0.39, 0.29) is 11.6 Å². The lowest BCUT2D eigenvalue weighted by Crippen LogP contribution is -2.28. The Labute approximate surface area is 185 Å². The van der Waals surface area contributed by atoms with E-state index in [1.54, 1.807) is 26.4 Å². The van der Waals surface area contributed by atoms with Gasteiger partial charge in [0.15, 0.2) is 11.6 Å². The Morgan fingerprint density at radius 3 is 1.45 bits per heavy atom. The van der Waals surface area contributed by atoms with E-state index in [1.165, 1.54) is 0 Å². The first-order chi connectivity index (χ1) is 15.0. The molecule has 2 aromatic rings. The summed E-state index contributed by atoms with van der Waals surface area (Å²) in [5, 5.41) is 0. The highest BCUT2D eigenvalue weighted by atomic mass is 16.5. The minimum absolute atomic E-state index is 0.0694. The van der Waals surface area contributed by atoms with Crippen LogP contribution in [0.2, 0.25) is 0 Å². The van der Waals surface area contributed by atoms with E-state index in [1.807, 2.05) is 67.6 Å². The molecule has 0 radical (unpaired) electrons. The first-order valence-electron chi connectivity index (χ1n) is 10.5. The van der Waals surface area contributed by atoms with Crippen LogP contribution in [0.5, 0.6) is 11.5 Å². The van der Waals surface area contributed by atoms with Gasteiger partial charge in [-0.1, -0.05) is 43.3 Å². The van der Waals surface area contributed by atoms with Gasteiger partial charge in [0.1, 0.15) is 11.5 Å². The van der Waals surface area contributed by atoms with Gasteiger partial charge < -0.3 is 14.4 Å². The molecule has 0 aliphatic rings. The minimum Gasteiger partial charge on any atom is -0.497 e. The van der Waals surface area contributed by atoms with Gasteiger partial charge in [0.25, 0.3) is 0 Å². The van der Waals surface area contributed by atoms with Crippen molar-refractivity contribution in [3.05, 3.63) is 71.8 Å². The Balaban J connectivity index is 1.73. The predicted octanol–water partition coefficient (Wildman–Crippen LogP) is 4.67. The smallest absolute Gasteiger partial charge is 0.156 e. The molecule has 164 valence electrons. The fraction of sp³-hybridized carbons (Fsp3) is 0.308. The lowest BCUT2D eigenvalue weighted by Gasteiger charge is -2.18. The third-order valence-electron chi connectivity index (χ3n) is 4.95. The predicted molar refractivity (Wildman–Crippen MR) is 125 cm³/mol. The van der Waals surface area contributed by atoms with Gasteiger partial charge in [0, 0.05) is 25.9 Å². The van der Waals surface area contributed by atoms with Crippen LogP contribution in [0.25, 0.3) is 12.2 Å². The molecule has 0 atom stereocenters. The van der Waals surface area contributed by atoms with Crippen LogP contribution in [0.1, 0.15) is 30.9 Å². The molecule has 5 nitrogen and oxygen atoms in total. The fourth-order valence-corrected chi connectivity index (χ4v) is 2.94. The van der Waals surface area contributed by atoms with Crippen molar-refractivity contribution in [2.24, 2.45) is 0 Å². The molecule has 0 heterocycles. The number of methoxy groups -OCH3 is 2. The van der Waals surface area contributed by atoms with Crippen LogP contribution >= 0.6 is 0 Å². The van der Waals surface area contributed by atoms with Crippen molar-refractivity contribution in [1.82, 2.24) is 4.90 Å². The highest BCUT2D eigenvalue weighted by Gasteiger charge is 2.07. The van der Waals surface area contributed by atoms with Crippen molar-refractivity contribution in [2.45, 2.75) is 19.8 Å². The van der Waals surface area contributed by atoms with Gasteiger partial charge in [0.2, 0.25) is 0 Å². The molecule has 0 aliphatic heterocycles. The molecule has 0 N–H and O–H groups in total. The molecule has 0 saturated carbocycles. The lowest BCUT2D eigenvalue weighted by molar-refractivity contribution is -0.114. The quantitative estimate of drug-likeness (QED) is 0.440. The van der Waals surface area contributed by atoms with E-state index in [9.17, 15) is 9.59 Å². The van der Waals surface area contributed by atoms with Gasteiger partial charge in [-0.3, -0.25) is 9.59 Å². The Hall–Kier alpha value is -3.18. The average molecular weight is 422 g/mol. The molecule has 31 heavy (non-hydrogen) atoms. The second-order valence-electron chi connectivity index (χ2n) is 7.08. The summed E-state index contributed by atoms with van der Waals surface area (Å²) in [6, 6.07) is 15.1. The molecule has 0 bridgehead atoms. The third kappa shape index (κ3) is 9.01. The average Bonchev–Trinajstić information content (AvgIpc) is 2.82. The molecule has 0 aliphatic carbocycles. The second-order valence-corrected chi connectivity index (χ2v) is 7.08. The van der Waals surface area contributed by atoms with E-state index >= 15 is 0 Å². The van der Waals surface area contributed by atoms with E-state index in [2.05, 4.69) is 4.90 Å². The lowest BCUT2D eigenvalue weighted by atomic mass is 10.1. The third-order valence-corrected chi connectivity index (χ3v) is 4.95. The number of carbonyl (C=O) groups is 2. The molecule has 0 fully saturated rings. The van der Waals surface area contributed by atoms with Gasteiger partial charge in [-0.05, 0) is 54.1 Å². The van der Waals surface area contributed by atoms with E-state index in [0.29, 0.717) is 25.9 Å². The molecule has 0 amide bonds. The maximum Gasteiger partial charge on any atom is 0.156 e. The summed E-state index contributed by atoms with van der Waals surface area (Å²) >= 11 is 0. The number of ether oxygens (including phenoxy) is 2. The van der Waals surface area contributed by atoms with Crippen molar-refractivity contribution >= 4 is 23.7 Å². The Bertz CT molecular complexity index is 809. The maximum absolute atomic E-state index is 12.2. The summed E-state index contributed by atoms with van der Waals surface area (Å²) in [7, 11) is 3.25. The van der Waals surface area contributed by atoms with Gasteiger partial charge in [0.05, 0.1) is 14.2 Å². The van der Waals surface area contributed by atoms with Crippen molar-refractivity contribution in [1.29, 1.82) is 0 Å². The number of benzene rings is 2. The number of carbonyl (C=O) groups excluding carboxylic acids is 2. The number of nitrogens with zero attached hydrogens (tertiary/aromatic N) is 1. The van der Waals surface area contributed by atoms with Crippen LogP contribution < -0.4 is 9.47 Å². The van der Waals surface area contributed by atoms with Crippen LogP contribution in [0.3, 0.4) is 0 Å². The molecular weight excluding hydrogens is 390 g/mol. The minimum atomic E-state index is 0.0694. The number of hydrogen-bond donors (Lipinski definition) is 0. The summed E-state index contributed by atoms with van der Waals surface area (Å²) in [4.78, 5) is 26.5. The summed E-state index contributed by atoms with van der Waals surface area (Å²) in [5.41, 5.74) is 1.91. The Kier molecular flexibility index (Phi) is 10.3. The van der Waals surface area contributed by atoms with E-state index in [4.69, 9.17) is 9.47 Å². The standard InChI is InChI=1S/C26H31NO4/c1-4-27(19-17-23(28)11-5-21-7-13-25(30-2)14-8-21)20-18-24(29)12-6-22-9-15-26(31-3)16-10-22/h5-16H,4,17-20H2,1-3H3. The normalized spacial score (nSPS) is 11.4. The summed E-state index contributed by atoms with van der Waals surface area (Å²) in [5.74, 6) is 1.71. The van der Waals surface area contributed by atoms with Gasteiger partial charge >= 0.3 is 0 Å².